The molecule has 30 heavy (non-hydrogen) atoms. The van der Waals surface area contributed by atoms with Crippen LogP contribution in [-0.4, -0.2) is 37.2 Å². The van der Waals surface area contributed by atoms with Gasteiger partial charge in [0.25, 0.3) is 5.13 Å². The highest BCUT2D eigenvalue weighted by molar-refractivity contribution is 7.93. The van der Waals surface area contributed by atoms with Gasteiger partial charge in [-0.15, -0.1) is 20.4 Å². The number of hydrogen-bond acceptors (Lipinski definition) is 8. The molecule has 0 radical (unpaired) electrons. The maximum Gasteiger partial charge on any atom is 0.516 e. The number of unbranched alkanes of at least 4 members (excludes halogenated alkanes) is 1. The molecule has 1 aliphatic heterocycles. The first kappa shape index (κ1) is 22.4. The number of nitrogens with zero attached hydrogens (tertiary/aromatic N) is 5. The number of fused-ring (bicyclic) bond motifs is 1. The molecule has 1 aliphatic rings. The molecule has 2 aromatic rings. The fraction of sp³-hybridized carbons (Fsp3) is 0.529. The molecule has 0 unspecified atom stereocenters. The molecular formula is C17H21F3N6O2S2. The summed E-state index contributed by atoms with van der Waals surface area (Å²) in [5.74, 6) is 0. The van der Waals surface area contributed by atoms with Crippen LogP contribution in [-0.2, 0) is 16.4 Å². The molecule has 13 heteroatoms. The average Bonchev–Trinajstić information content (AvgIpc) is 3.08. The third-order valence-corrected chi connectivity index (χ3v) is 6.32. The van der Waals surface area contributed by atoms with Gasteiger partial charge in [0.2, 0.25) is 0 Å². The van der Waals surface area contributed by atoms with Crippen molar-refractivity contribution in [3.63, 3.8) is 0 Å². The van der Waals surface area contributed by atoms with Crippen molar-refractivity contribution in [2.45, 2.75) is 45.0 Å². The van der Waals surface area contributed by atoms with Crippen LogP contribution in [0, 0.1) is 6.92 Å². The minimum atomic E-state index is -5.61. The van der Waals surface area contributed by atoms with Crippen LogP contribution in [0.2, 0.25) is 0 Å². The lowest BCUT2D eigenvalue weighted by atomic mass is 10.00. The molecule has 2 heterocycles. The predicted molar refractivity (Wildman–Crippen MR) is 109 cm³/mol. The molecule has 0 aliphatic carbocycles. The molecule has 0 spiro atoms. The number of anilines is 2. The standard InChI is InChI=1S/C17H21F3N6O2S2/c1-3-4-7-26-8-5-6-12-9-13(22-24-16-23-21-11(2)29-16)14(10-15(12)26)25-30(27,28)17(18,19)20/h9-10,25H,3-8H2,1-2H3. The zero-order valence-corrected chi connectivity index (χ0v) is 18.0. The Morgan fingerprint density at radius 1 is 1.27 bits per heavy atom. The van der Waals surface area contributed by atoms with E-state index in [0.29, 0.717) is 17.1 Å². The van der Waals surface area contributed by atoms with Crippen LogP contribution < -0.4 is 9.62 Å². The molecule has 0 amide bonds. The zero-order chi connectivity index (χ0) is 21.9. The maximum atomic E-state index is 13.0. The number of aromatic nitrogens is 2. The van der Waals surface area contributed by atoms with Gasteiger partial charge >= 0.3 is 15.5 Å². The van der Waals surface area contributed by atoms with E-state index in [9.17, 15) is 21.6 Å². The Morgan fingerprint density at radius 2 is 2.03 bits per heavy atom. The topological polar surface area (TPSA) is 99.9 Å². The number of halogens is 3. The van der Waals surface area contributed by atoms with Crippen LogP contribution in [0.3, 0.4) is 0 Å². The zero-order valence-electron chi connectivity index (χ0n) is 16.4. The van der Waals surface area contributed by atoms with Crippen molar-refractivity contribution >= 4 is 43.6 Å². The second-order valence-corrected chi connectivity index (χ2v) is 9.63. The second-order valence-electron chi connectivity index (χ2n) is 6.80. The number of alkyl halides is 3. The minimum Gasteiger partial charge on any atom is -0.371 e. The smallest absolute Gasteiger partial charge is 0.371 e. The molecule has 0 saturated carbocycles. The number of sulfonamides is 1. The van der Waals surface area contributed by atoms with E-state index in [1.807, 2.05) is 6.92 Å². The Hall–Kier alpha value is -2.28. The predicted octanol–water partition coefficient (Wildman–Crippen LogP) is 5.08. The Balaban J connectivity index is 2.04. The number of benzene rings is 1. The van der Waals surface area contributed by atoms with Crippen molar-refractivity contribution in [3.8, 4) is 0 Å². The summed E-state index contributed by atoms with van der Waals surface area (Å²) >= 11 is 1.16. The summed E-state index contributed by atoms with van der Waals surface area (Å²) in [6.07, 6.45) is 3.48. The van der Waals surface area contributed by atoms with Crippen molar-refractivity contribution in [1.82, 2.24) is 10.2 Å². The quantitative estimate of drug-likeness (QED) is 0.579. The highest BCUT2D eigenvalue weighted by atomic mass is 32.2. The van der Waals surface area contributed by atoms with E-state index < -0.39 is 15.5 Å². The lowest BCUT2D eigenvalue weighted by molar-refractivity contribution is -0.0429. The van der Waals surface area contributed by atoms with E-state index in [4.69, 9.17) is 0 Å². The minimum absolute atomic E-state index is 0.00762. The van der Waals surface area contributed by atoms with Gasteiger partial charge in [0.05, 0.1) is 5.69 Å². The van der Waals surface area contributed by atoms with Crippen LogP contribution in [0.15, 0.2) is 22.4 Å². The molecule has 0 atom stereocenters. The lowest BCUT2D eigenvalue weighted by Gasteiger charge is -2.32. The van der Waals surface area contributed by atoms with Gasteiger partial charge in [-0.3, -0.25) is 4.72 Å². The molecule has 1 N–H and O–H groups in total. The van der Waals surface area contributed by atoms with E-state index in [1.54, 1.807) is 17.7 Å². The fourth-order valence-corrected chi connectivity index (χ4v) is 4.14. The van der Waals surface area contributed by atoms with Crippen LogP contribution in [0.4, 0.5) is 35.4 Å². The van der Waals surface area contributed by atoms with Gasteiger partial charge in [0.1, 0.15) is 10.7 Å². The van der Waals surface area contributed by atoms with E-state index in [0.717, 1.165) is 49.3 Å². The summed E-state index contributed by atoms with van der Waals surface area (Å²) < 4.78 is 64.0. The van der Waals surface area contributed by atoms with Gasteiger partial charge < -0.3 is 4.90 Å². The Kier molecular flexibility index (Phi) is 6.60. The van der Waals surface area contributed by atoms with E-state index in [1.165, 1.54) is 6.07 Å². The lowest BCUT2D eigenvalue weighted by Crippen LogP contribution is -2.32. The molecule has 164 valence electrons. The summed E-state index contributed by atoms with van der Waals surface area (Å²) in [6, 6.07) is 2.99. The van der Waals surface area contributed by atoms with Gasteiger partial charge in [-0.05, 0) is 43.9 Å². The average molecular weight is 463 g/mol. The third-order valence-electron chi connectivity index (χ3n) is 4.50. The van der Waals surface area contributed by atoms with E-state index >= 15 is 0 Å². The summed E-state index contributed by atoms with van der Waals surface area (Å²) in [6.45, 7) is 5.26. The Bertz CT molecular complexity index is 1040. The number of nitrogens with one attached hydrogen (secondary N) is 1. The van der Waals surface area contributed by atoms with Crippen LogP contribution in [0.1, 0.15) is 36.8 Å². The molecule has 0 saturated heterocycles. The fourth-order valence-electron chi connectivity index (χ4n) is 3.07. The first-order chi connectivity index (χ1) is 14.1. The van der Waals surface area contributed by atoms with Gasteiger partial charge in [-0.1, -0.05) is 24.7 Å². The number of hydrogen-bond donors (Lipinski definition) is 1. The van der Waals surface area contributed by atoms with Crippen molar-refractivity contribution in [2.24, 2.45) is 10.2 Å². The molecule has 1 aromatic heterocycles. The van der Waals surface area contributed by atoms with Gasteiger partial charge in [0, 0.05) is 18.8 Å². The van der Waals surface area contributed by atoms with Crippen molar-refractivity contribution < 1.29 is 21.6 Å². The molecule has 0 bridgehead atoms. The van der Waals surface area contributed by atoms with Crippen LogP contribution in [0.25, 0.3) is 0 Å². The molecule has 1 aromatic carbocycles. The highest BCUT2D eigenvalue weighted by Crippen LogP contribution is 2.39. The van der Waals surface area contributed by atoms with Gasteiger partial charge in [-0.2, -0.15) is 21.6 Å². The number of rotatable bonds is 7. The molecular weight excluding hydrogens is 441 g/mol. The number of azo groups is 1. The molecule has 0 fully saturated rings. The second kappa shape index (κ2) is 8.84. The first-order valence-electron chi connectivity index (χ1n) is 9.33. The third kappa shape index (κ3) is 5.06. The molecule has 8 nitrogen and oxygen atoms in total. The van der Waals surface area contributed by atoms with Crippen molar-refractivity contribution in [2.75, 3.05) is 22.7 Å². The molecule has 3 rings (SSSR count). The highest BCUT2D eigenvalue weighted by Gasteiger charge is 2.46. The Labute approximate surface area is 176 Å². The Morgan fingerprint density at radius 3 is 2.67 bits per heavy atom. The monoisotopic (exact) mass is 462 g/mol. The first-order valence-corrected chi connectivity index (χ1v) is 11.6. The summed E-state index contributed by atoms with van der Waals surface area (Å²) in [5.41, 5.74) is -4.14. The van der Waals surface area contributed by atoms with E-state index in [-0.39, 0.29) is 16.5 Å². The normalized spacial score (nSPS) is 14.9. The van der Waals surface area contributed by atoms with Gasteiger partial charge in [0.15, 0.2) is 0 Å². The van der Waals surface area contributed by atoms with Crippen LogP contribution >= 0.6 is 11.3 Å². The van der Waals surface area contributed by atoms with Crippen molar-refractivity contribution in [3.05, 3.63) is 22.7 Å². The van der Waals surface area contributed by atoms with Gasteiger partial charge in [-0.25, -0.2) is 0 Å². The maximum absolute atomic E-state index is 13.0. The largest absolute Gasteiger partial charge is 0.516 e. The number of aryl methyl sites for hydroxylation is 2. The summed E-state index contributed by atoms with van der Waals surface area (Å²) in [7, 11) is -5.61. The SMILES string of the molecule is CCCCN1CCCc2cc(N=Nc3nnc(C)s3)c(NS(=O)(=O)C(F)(F)F)cc21. The summed E-state index contributed by atoms with van der Waals surface area (Å²) in [4.78, 5) is 2.06. The van der Waals surface area contributed by atoms with Crippen LogP contribution in [0.5, 0.6) is 0 Å². The summed E-state index contributed by atoms with van der Waals surface area (Å²) in [5, 5.41) is 16.3. The van der Waals surface area contributed by atoms with E-state index in [2.05, 4.69) is 25.3 Å². The van der Waals surface area contributed by atoms with Crippen molar-refractivity contribution in [1.29, 1.82) is 0 Å².